The first-order chi connectivity index (χ1) is 26.0. The highest BCUT2D eigenvalue weighted by Crippen LogP contribution is 2.51. The Labute approximate surface area is 308 Å². The number of fused-ring (bicyclic) bond motifs is 9. The molecule has 0 saturated carbocycles. The zero-order chi connectivity index (χ0) is 35.3. The Balaban J connectivity index is 1.06. The minimum Gasteiger partial charge on any atom is -0.455 e. The number of nitrogens with zero attached hydrogens (tertiary/aromatic N) is 1. The van der Waals surface area contributed by atoms with Crippen LogP contribution in [-0.2, 0) is 5.41 Å². The highest BCUT2D eigenvalue weighted by Gasteiger charge is 2.36. The fourth-order valence-corrected chi connectivity index (χ4v) is 8.99. The average Bonchev–Trinajstić information content (AvgIpc) is 3.83. The maximum absolute atomic E-state index is 6.81. The van der Waals surface area contributed by atoms with Crippen LogP contribution in [0.2, 0.25) is 0 Å². The van der Waals surface area contributed by atoms with E-state index in [4.69, 9.17) is 4.42 Å². The van der Waals surface area contributed by atoms with Gasteiger partial charge in [-0.3, -0.25) is 0 Å². The van der Waals surface area contributed by atoms with E-state index in [1.165, 1.54) is 66.3 Å². The summed E-state index contributed by atoms with van der Waals surface area (Å²) in [5, 5.41) is 4.79. The first-order valence-electron chi connectivity index (χ1n) is 18.4. The van der Waals surface area contributed by atoms with Gasteiger partial charge >= 0.3 is 0 Å². The third kappa shape index (κ3) is 4.39. The van der Waals surface area contributed by atoms with E-state index < -0.39 is 0 Å². The maximum atomic E-state index is 6.81. The molecule has 0 radical (unpaired) electrons. The summed E-state index contributed by atoms with van der Waals surface area (Å²) in [5.74, 6) is 0. The molecule has 1 aliphatic carbocycles. The van der Waals surface area contributed by atoms with Crippen molar-refractivity contribution >= 4 is 43.7 Å². The van der Waals surface area contributed by atoms with Crippen LogP contribution in [-0.4, -0.2) is 4.57 Å². The number of hydrogen-bond acceptors (Lipinski definition) is 1. The number of benzene rings is 8. The zero-order valence-corrected chi connectivity index (χ0v) is 29.6. The average molecular weight is 678 g/mol. The minimum absolute atomic E-state index is 0.0638. The van der Waals surface area contributed by atoms with Crippen LogP contribution in [0, 0.1) is 0 Å². The first-order valence-corrected chi connectivity index (χ1v) is 18.4. The van der Waals surface area contributed by atoms with Crippen LogP contribution < -0.4 is 0 Å². The Bertz CT molecular complexity index is 3050. The van der Waals surface area contributed by atoms with Crippen molar-refractivity contribution in [2.75, 3.05) is 0 Å². The summed E-state index contributed by atoms with van der Waals surface area (Å²) < 4.78 is 9.26. The molecule has 2 heteroatoms. The highest BCUT2D eigenvalue weighted by molar-refractivity contribution is 6.17. The van der Waals surface area contributed by atoms with E-state index in [2.05, 4.69) is 194 Å². The smallest absolute Gasteiger partial charge is 0.143 e. The number of aromatic nitrogens is 1. The maximum Gasteiger partial charge on any atom is 0.143 e. The second-order valence-corrected chi connectivity index (χ2v) is 14.9. The predicted octanol–water partition coefficient (Wildman–Crippen LogP) is 14.0. The van der Waals surface area contributed by atoms with E-state index in [0.29, 0.717) is 0 Å². The highest BCUT2D eigenvalue weighted by atomic mass is 16.3. The molecule has 11 rings (SSSR count). The lowest BCUT2D eigenvalue weighted by atomic mass is 9.82. The quantitative estimate of drug-likeness (QED) is 0.181. The van der Waals surface area contributed by atoms with Gasteiger partial charge in [-0.2, -0.15) is 0 Å². The van der Waals surface area contributed by atoms with E-state index in [1.807, 2.05) is 0 Å². The summed E-state index contributed by atoms with van der Waals surface area (Å²) in [4.78, 5) is 0. The number of hydrogen-bond donors (Lipinski definition) is 0. The molecule has 0 aliphatic heterocycles. The topological polar surface area (TPSA) is 18.1 Å². The zero-order valence-electron chi connectivity index (χ0n) is 29.6. The van der Waals surface area contributed by atoms with Gasteiger partial charge in [0.25, 0.3) is 0 Å². The van der Waals surface area contributed by atoms with E-state index in [1.54, 1.807) is 0 Å². The van der Waals surface area contributed by atoms with E-state index in [-0.39, 0.29) is 5.41 Å². The number of para-hydroxylation sites is 2. The van der Waals surface area contributed by atoms with Crippen molar-refractivity contribution in [3.8, 4) is 50.2 Å². The SMILES string of the molecule is CC1(C)c2ccccc2-c2cc3c(cc21)c1ccccc1n3-c1cccc2oc3c(-c4ccc(-c5ccc(-c6ccccc6)cc5)cc4)cccc3c12. The minimum atomic E-state index is -0.0638. The molecule has 0 spiro atoms. The van der Waals surface area contributed by atoms with E-state index in [9.17, 15) is 0 Å². The van der Waals surface area contributed by atoms with Gasteiger partial charge in [0, 0.05) is 27.1 Å². The fourth-order valence-electron chi connectivity index (χ4n) is 8.99. The van der Waals surface area contributed by atoms with Crippen LogP contribution >= 0.6 is 0 Å². The van der Waals surface area contributed by atoms with Gasteiger partial charge in [-0.05, 0) is 80.4 Å². The first kappa shape index (κ1) is 30.0. The van der Waals surface area contributed by atoms with Crippen LogP contribution in [0.1, 0.15) is 25.0 Å². The van der Waals surface area contributed by atoms with Gasteiger partial charge in [-0.15, -0.1) is 0 Å². The van der Waals surface area contributed by atoms with Crippen LogP contribution in [0.5, 0.6) is 0 Å². The molecule has 0 atom stereocenters. The van der Waals surface area contributed by atoms with Crippen LogP contribution in [0.4, 0.5) is 0 Å². The Hall–Kier alpha value is -6.64. The molecule has 0 bridgehead atoms. The molecule has 0 N–H and O–H groups in total. The van der Waals surface area contributed by atoms with Gasteiger partial charge < -0.3 is 8.98 Å². The lowest BCUT2D eigenvalue weighted by Gasteiger charge is -2.21. The van der Waals surface area contributed by atoms with Gasteiger partial charge in [0.05, 0.1) is 22.1 Å². The molecule has 8 aromatic carbocycles. The second-order valence-electron chi connectivity index (χ2n) is 14.9. The Morgan fingerprint density at radius 2 is 1.02 bits per heavy atom. The summed E-state index contributed by atoms with van der Waals surface area (Å²) >= 11 is 0. The molecule has 0 saturated heterocycles. The Morgan fingerprint density at radius 3 is 1.79 bits per heavy atom. The van der Waals surface area contributed by atoms with Crippen LogP contribution in [0.15, 0.2) is 180 Å². The third-order valence-corrected chi connectivity index (χ3v) is 11.6. The molecule has 2 aromatic heterocycles. The Morgan fingerprint density at radius 1 is 0.415 bits per heavy atom. The Kier molecular flexibility index (Phi) is 6.33. The molecular formula is C51H35NO. The predicted molar refractivity (Wildman–Crippen MR) is 222 cm³/mol. The van der Waals surface area contributed by atoms with Crippen LogP contribution in [0.25, 0.3) is 93.9 Å². The third-order valence-electron chi connectivity index (χ3n) is 11.6. The van der Waals surface area contributed by atoms with E-state index >= 15 is 0 Å². The van der Waals surface area contributed by atoms with Crippen molar-refractivity contribution < 1.29 is 4.42 Å². The molecule has 53 heavy (non-hydrogen) atoms. The molecule has 250 valence electrons. The van der Waals surface area contributed by atoms with Crippen molar-refractivity contribution in [3.63, 3.8) is 0 Å². The van der Waals surface area contributed by atoms with Gasteiger partial charge in [-0.25, -0.2) is 0 Å². The summed E-state index contributed by atoms with van der Waals surface area (Å²) in [6, 6.07) is 63.9. The molecule has 2 nitrogen and oxygen atoms in total. The van der Waals surface area contributed by atoms with Crippen molar-refractivity contribution in [1.29, 1.82) is 0 Å². The summed E-state index contributed by atoms with van der Waals surface area (Å²) in [6.45, 7) is 4.71. The van der Waals surface area contributed by atoms with Crippen molar-refractivity contribution in [2.24, 2.45) is 0 Å². The molecule has 0 unspecified atom stereocenters. The number of rotatable bonds is 4. The molecule has 1 aliphatic rings. The summed E-state index contributed by atoms with van der Waals surface area (Å²) in [6.07, 6.45) is 0. The fraction of sp³-hybridized carbons (Fsp3) is 0.0588. The molecule has 0 fully saturated rings. The lowest BCUT2D eigenvalue weighted by molar-refractivity contribution is 0.661. The standard InChI is InChI=1S/C51H35NO/c1-51(2)43-18-8-6-14-38(43)41-31-47-42(30-44(41)51)39-15-7-9-19-45(39)52(47)46-20-11-21-48-49(46)40-17-10-16-37(50(40)53-48)36-28-26-35(27-29-36)34-24-22-33(23-25-34)32-12-4-3-5-13-32/h3-31H,1-2H3. The van der Waals surface area contributed by atoms with Gasteiger partial charge in [-0.1, -0.05) is 159 Å². The van der Waals surface area contributed by atoms with Crippen molar-refractivity contribution in [2.45, 2.75) is 19.3 Å². The lowest BCUT2D eigenvalue weighted by Crippen LogP contribution is -2.14. The molecule has 2 heterocycles. The van der Waals surface area contributed by atoms with Gasteiger partial charge in [0.15, 0.2) is 0 Å². The molecular weight excluding hydrogens is 643 g/mol. The van der Waals surface area contributed by atoms with E-state index in [0.717, 1.165) is 38.8 Å². The number of furan rings is 1. The largest absolute Gasteiger partial charge is 0.455 e. The van der Waals surface area contributed by atoms with Crippen LogP contribution in [0.3, 0.4) is 0 Å². The van der Waals surface area contributed by atoms with Gasteiger partial charge in [0.1, 0.15) is 11.2 Å². The monoisotopic (exact) mass is 677 g/mol. The summed E-state index contributed by atoms with van der Waals surface area (Å²) in [7, 11) is 0. The normalized spacial score (nSPS) is 13.2. The van der Waals surface area contributed by atoms with Crippen molar-refractivity contribution in [1.82, 2.24) is 4.57 Å². The molecule has 0 amide bonds. The molecule has 10 aromatic rings. The van der Waals surface area contributed by atoms with Gasteiger partial charge in [0.2, 0.25) is 0 Å². The summed E-state index contributed by atoms with van der Waals surface area (Å²) in [5.41, 5.74) is 17.8. The van der Waals surface area contributed by atoms with Crippen molar-refractivity contribution in [3.05, 3.63) is 187 Å². The second kappa shape index (κ2) is 11.2.